The van der Waals surface area contributed by atoms with Crippen LogP contribution in [0.3, 0.4) is 0 Å². The van der Waals surface area contributed by atoms with E-state index < -0.39 is 10.0 Å². The van der Waals surface area contributed by atoms with Crippen LogP contribution in [0.5, 0.6) is 11.5 Å². The Bertz CT molecular complexity index is 1030. The molecular formula is C21H21NO3S. The molecule has 0 unspecified atom stereocenters. The van der Waals surface area contributed by atoms with E-state index in [1.165, 1.54) is 0 Å². The van der Waals surface area contributed by atoms with Crippen LogP contribution in [0.25, 0.3) is 0 Å². The fourth-order valence-corrected chi connectivity index (χ4v) is 3.75. The molecule has 0 radical (unpaired) electrons. The lowest BCUT2D eigenvalue weighted by atomic mass is 10.1. The lowest BCUT2D eigenvalue weighted by Crippen LogP contribution is -2.13. The van der Waals surface area contributed by atoms with E-state index in [-0.39, 0.29) is 4.90 Å². The highest BCUT2D eigenvalue weighted by Gasteiger charge is 2.15. The second kappa shape index (κ2) is 7.22. The first-order valence-corrected chi connectivity index (χ1v) is 9.77. The molecule has 4 nitrogen and oxygen atoms in total. The molecule has 3 rings (SSSR count). The second-order valence-electron chi connectivity index (χ2n) is 6.26. The highest BCUT2D eigenvalue weighted by Crippen LogP contribution is 2.26. The van der Waals surface area contributed by atoms with Gasteiger partial charge in [-0.15, -0.1) is 0 Å². The van der Waals surface area contributed by atoms with E-state index in [4.69, 9.17) is 4.74 Å². The minimum Gasteiger partial charge on any atom is -0.457 e. The molecule has 0 aliphatic heterocycles. The van der Waals surface area contributed by atoms with Gasteiger partial charge in [-0.1, -0.05) is 35.9 Å². The lowest BCUT2D eigenvalue weighted by Gasteiger charge is -2.12. The van der Waals surface area contributed by atoms with Gasteiger partial charge >= 0.3 is 0 Å². The van der Waals surface area contributed by atoms with E-state index in [1.54, 1.807) is 30.3 Å². The Kier molecular flexibility index (Phi) is 5.00. The quantitative estimate of drug-likeness (QED) is 0.674. The predicted molar refractivity (Wildman–Crippen MR) is 104 cm³/mol. The van der Waals surface area contributed by atoms with Gasteiger partial charge in [-0.05, 0) is 68.3 Å². The van der Waals surface area contributed by atoms with Crippen LogP contribution in [-0.2, 0) is 10.0 Å². The summed E-state index contributed by atoms with van der Waals surface area (Å²) >= 11 is 0. The van der Waals surface area contributed by atoms with Gasteiger partial charge in [0, 0.05) is 0 Å². The van der Waals surface area contributed by atoms with Crippen molar-refractivity contribution in [2.75, 3.05) is 4.72 Å². The van der Waals surface area contributed by atoms with E-state index in [0.29, 0.717) is 11.4 Å². The maximum atomic E-state index is 12.6. The molecule has 0 amide bonds. The molecule has 0 saturated heterocycles. The molecule has 0 aliphatic carbocycles. The molecule has 0 saturated carbocycles. The number of rotatable bonds is 5. The Morgan fingerprint density at radius 3 is 2.15 bits per heavy atom. The van der Waals surface area contributed by atoms with Gasteiger partial charge in [0.1, 0.15) is 11.5 Å². The van der Waals surface area contributed by atoms with Crippen molar-refractivity contribution in [1.82, 2.24) is 0 Å². The molecule has 3 aromatic rings. The number of aryl methyl sites for hydroxylation is 3. The molecule has 26 heavy (non-hydrogen) atoms. The number of nitrogens with one attached hydrogen (secondary N) is 1. The molecular weight excluding hydrogens is 346 g/mol. The summed E-state index contributed by atoms with van der Waals surface area (Å²) in [4.78, 5) is 0.189. The third kappa shape index (κ3) is 4.06. The standard InChI is InChI=1S/C21H21NO3S/c1-15-8-13-20(17(3)14-15)22-26(23,24)19-11-9-18(10-12-19)25-21-7-5-4-6-16(21)2/h4-14,22H,1-3H3. The molecule has 0 atom stereocenters. The van der Waals surface area contributed by atoms with Crippen LogP contribution in [0, 0.1) is 20.8 Å². The van der Waals surface area contributed by atoms with E-state index in [9.17, 15) is 8.42 Å². The van der Waals surface area contributed by atoms with Gasteiger partial charge in [0.25, 0.3) is 10.0 Å². The van der Waals surface area contributed by atoms with Gasteiger partial charge in [-0.2, -0.15) is 0 Å². The molecule has 134 valence electrons. The summed E-state index contributed by atoms with van der Waals surface area (Å²) in [5, 5.41) is 0. The van der Waals surface area contributed by atoms with Crippen LogP contribution in [0.1, 0.15) is 16.7 Å². The number of benzene rings is 3. The highest BCUT2D eigenvalue weighted by atomic mass is 32.2. The van der Waals surface area contributed by atoms with Crippen molar-refractivity contribution >= 4 is 15.7 Å². The Morgan fingerprint density at radius 1 is 0.808 bits per heavy atom. The lowest BCUT2D eigenvalue weighted by molar-refractivity contribution is 0.478. The first-order valence-electron chi connectivity index (χ1n) is 8.29. The molecule has 0 spiro atoms. The van der Waals surface area contributed by atoms with Gasteiger partial charge in [-0.3, -0.25) is 4.72 Å². The normalized spacial score (nSPS) is 11.2. The third-order valence-electron chi connectivity index (χ3n) is 4.08. The molecule has 0 heterocycles. The van der Waals surface area contributed by atoms with Crippen molar-refractivity contribution in [3.8, 4) is 11.5 Å². The van der Waals surface area contributed by atoms with Gasteiger partial charge in [0.05, 0.1) is 10.6 Å². The van der Waals surface area contributed by atoms with Crippen LogP contribution in [-0.4, -0.2) is 8.42 Å². The molecule has 0 aliphatic rings. The zero-order valence-corrected chi connectivity index (χ0v) is 15.8. The van der Waals surface area contributed by atoms with Gasteiger partial charge in [0.15, 0.2) is 0 Å². The number of hydrogen-bond donors (Lipinski definition) is 1. The fraction of sp³-hybridized carbons (Fsp3) is 0.143. The van der Waals surface area contributed by atoms with Crippen molar-refractivity contribution in [3.05, 3.63) is 83.4 Å². The van der Waals surface area contributed by atoms with E-state index in [0.717, 1.165) is 22.4 Å². The molecule has 0 bridgehead atoms. The highest BCUT2D eigenvalue weighted by molar-refractivity contribution is 7.92. The zero-order valence-electron chi connectivity index (χ0n) is 15.0. The van der Waals surface area contributed by atoms with Crippen molar-refractivity contribution < 1.29 is 13.2 Å². The largest absolute Gasteiger partial charge is 0.457 e. The van der Waals surface area contributed by atoms with Crippen molar-refractivity contribution in [2.24, 2.45) is 0 Å². The number of sulfonamides is 1. The van der Waals surface area contributed by atoms with Gasteiger partial charge in [0.2, 0.25) is 0 Å². The number of ether oxygens (including phenoxy) is 1. The van der Waals surface area contributed by atoms with E-state index in [2.05, 4.69) is 4.72 Å². The van der Waals surface area contributed by atoms with Crippen LogP contribution in [0.2, 0.25) is 0 Å². The third-order valence-corrected chi connectivity index (χ3v) is 5.46. The summed E-state index contributed by atoms with van der Waals surface area (Å²) in [6.07, 6.45) is 0. The maximum Gasteiger partial charge on any atom is 0.261 e. The number of para-hydroxylation sites is 1. The Hall–Kier alpha value is -2.79. The smallest absolute Gasteiger partial charge is 0.261 e. The van der Waals surface area contributed by atoms with Crippen LogP contribution in [0.4, 0.5) is 5.69 Å². The summed E-state index contributed by atoms with van der Waals surface area (Å²) in [6.45, 7) is 5.81. The van der Waals surface area contributed by atoms with Crippen LogP contribution >= 0.6 is 0 Å². The summed E-state index contributed by atoms with van der Waals surface area (Å²) in [6, 6.07) is 19.7. The molecule has 0 fully saturated rings. The summed E-state index contributed by atoms with van der Waals surface area (Å²) < 4.78 is 33.7. The first-order chi connectivity index (χ1) is 12.3. The van der Waals surface area contributed by atoms with Gasteiger partial charge < -0.3 is 4.74 Å². The first kappa shape index (κ1) is 18.0. The number of anilines is 1. The topological polar surface area (TPSA) is 55.4 Å². The monoisotopic (exact) mass is 367 g/mol. The van der Waals surface area contributed by atoms with Crippen LogP contribution in [0.15, 0.2) is 71.6 Å². The fourth-order valence-electron chi connectivity index (χ4n) is 2.62. The molecule has 1 N–H and O–H groups in total. The average molecular weight is 367 g/mol. The summed E-state index contributed by atoms with van der Waals surface area (Å²) in [7, 11) is -3.65. The molecule has 0 aromatic heterocycles. The Labute approximate surface area is 154 Å². The van der Waals surface area contributed by atoms with E-state index >= 15 is 0 Å². The second-order valence-corrected chi connectivity index (χ2v) is 7.95. The van der Waals surface area contributed by atoms with Crippen molar-refractivity contribution in [2.45, 2.75) is 25.7 Å². The zero-order chi connectivity index (χ0) is 18.7. The van der Waals surface area contributed by atoms with E-state index in [1.807, 2.05) is 57.2 Å². The summed E-state index contributed by atoms with van der Waals surface area (Å²) in [5.41, 5.74) is 3.56. The molecule has 3 aromatic carbocycles. The Morgan fingerprint density at radius 2 is 1.50 bits per heavy atom. The van der Waals surface area contributed by atoms with Crippen LogP contribution < -0.4 is 9.46 Å². The minimum atomic E-state index is -3.65. The summed E-state index contributed by atoms with van der Waals surface area (Å²) in [5.74, 6) is 1.33. The SMILES string of the molecule is Cc1ccc(NS(=O)(=O)c2ccc(Oc3ccccc3C)cc2)c(C)c1. The van der Waals surface area contributed by atoms with Gasteiger partial charge in [-0.25, -0.2) is 8.42 Å². The maximum absolute atomic E-state index is 12.6. The predicted octanol–water partition coefficient (Wildman–Crippen LogP) is 5.20. The molecule has 5 heteroatoms. The average Bonchev–Trinajstić information content (AvgIpc) is 2.60. The Balaban J connectivity index is 1.79. The minimum absolute atomic E-state index is 0.189. The van der Waals surface area contributed by atoms with Crippen molar-refractivity contribution in [1.29, 1.82) is 0 Å². The van der Waals surface area contributed by atoms with Crippen molar-refractivity contribution in [3.63, 3.8) is 0 Å². The number of hydrogen-bond acceptors (Lipinski definition) is 3.